The van der Waals surface area contributed by atoms with Crippen LogP contribution in [0.25, 0.3) is 45.9 Å². The summed E-state index contributed by atoms with van der Waals surface area (Å²) in [4.78, 5) is 47.2. The first kappa shape index (κ1) is 36.6. The van der Waals surface area contributed by atoms with E-state index in [9.17, 15) is 28.0 Å². The molecule has 0 radical (unpaired) electrons. The van der Waals surface area contributed by atoms with E-state index in [-0.39, 0.29) is 45.6 Å². The average Bonchev–Trinajstić information content (AvgIpc) is 3.96. The molecule has 10 nitrogen and oxygen atoms in total. The van der Waals surface area contributed by atoms with E-state index < -0.39 is 23.6 Å². The van der Waals surface area contributed by atoms with Crippen molar-refractivity contribution < 1.29 is 46.6 Å². The Morgan fingerprint density at radius 2 is 1.09 bits per heavy atom. The predicted octanol–water partition coefficient (Wildman–Crippen LogP) is 9.95. The van der Waals surface area contributed by atoms with Crippen LogP contribution in [0.1, 0.15) is 43.4 Å². The van der Waals surface area contributed by atoms with Crippen molar-refractivity contribution in [1.29, 1.82) is 0 Å². The normalized spacial score (nSPS) is 14.2. The number of hydrogen-bond acceptors (Lipinski definition) is 7. The van der Waals surface area contributed by atoms with Gasteiger partial charge >= 0.3 is 11.9 Å². The lowest BCUT2D eigenvalue weighted by atomic mass is 10.1. The zero-order valence-corrected chi connectivity index (χ0v) is 29.7. The van der Waals surface area contributed by atoms with E-state index in [1.165, 1.54) is 49.6 Å². The van der Waals surface area contributed by atoms with Gasteiger partial charge in [-0.25, -0.2) is 18.4 Å². The van der Waals surface area contributed by atoms with E-state index in [4.69, 9.17) is 37.1 Å². The summed E-state index contributed by atoms with van der Waals surface area (Å²) in [6, 6.07) is 23.7. The molecule has 0 saturated carbocycles. The maximum absolute atomic E-state index is 14.2. The molecule has 3 N–H and O–H groups in total. The number of nitrogens with one attached hydrogen (secondary N) is 2. The van der Waals surface area contributed by atoms with Crippen LogP contribution in [0.2, 0.25) is 10.0 Å². The Kier molecular flexibility index (Phi) is 9.94. The number of carbonyl (C=O) groups excluding carboxylic acids is 3. The molecule has 0 bridgehead atoms. The number of benzene rings is 4. The summed E-state index contributed by atoms with van der Waals surface area (Å²) in [6.07, 6.45) is 3.09. The van der Waals surface area contributed by atoms with Gasteiger partial charge in [0.05, 0.1) is 40.5 Å². The van der Waals surface area contributed by atoms with E-state index in [0.29, 0.717) is 55.2 Å². The molecule has 55 heavy (non-hydrogen) atoms. The van der Waals surface area contributed by atoms with Crippen LogP contribution in [-0.2, 0) is 14.3 Å². The highest BCUT2D eigenvalue weighted by Crippen LogP contribution is 2.37. The SMILES string of the molecule is COC(=O)c1ccc(F)c(-c2ccc(/C=C3\C(=O)Nc4ccc(Cl)cc43)o2)c1.O=C1Nc2ccc(Cl)cc2/C1=C/c1ccc(-c2cc(C(=O)O)ccc2F)o1. The van der Waals surface area contributed by atoms with Gasteiger partial charge in [0.1, 0.15) is 34.7 Å². The summed E-state index contributed by atoms with van der Waals surface area (Å²) in [7, 11) is 1.25. The summed E-state index contributed by atoms with van der Waals surface area (Å²) in [6.45, 7) is 0. The third-order valence-corrected chi connectivity index (χ3v) is 8.96. The first-order valence-corrected chi connectivity index (χ1v) is 16.9. The fourth-order valence-corrected chi connectivity index (χ4v) is 6.19. The minimum absolute atomic E-state index is 0.0267. The number of carbonyl (C=O) groups is 4. The molecule has 2 aliphatic rings. The van der Waals surface area contributed by atoms with Crippen LogP contribution in [0.4, 0.5) is 20.2 Å². The summed E-state index contributed by atoms with van der Waals surface area (Å²) in [5.74, 6) is -2.42. The fraction of sp³-hybridized carbons (Fsp3) is 0.0244. The first-order valence-electron chi connectivity index (χ1n) is 16.2. The van der Waals surface area contributed by atoms with Gasteiger partial charge in [-0.1, -0.05) is 23.2 Å². The number of esters is 1. The minimum Gasteiger partial charge on any atom is -0.478 e. The van der Waals surface area contributed by atoms with Gasteiger partial charge in [0.2, 0.25) is 0 Å². The van der Waals surface area contributed by atoms with E-state index in [2.05, 4.69) is 15.4 Å². The fourth-order valence-electron chi connectivity index (χ4n) is 5.85. The van der Waals surface area contributed by atoms with Crippen molar-refractivity contribution in [3.63, 3.8) is 0 Å². The van der Waals surface area contributed by atoms with Gasteiger partial charge in [0.15, 0.2) is 0 Å². The zero-order chi connectivity index (χ0) is 39.0. The summed E-state index contributed by atoms with van der Waals surface area (Å²) < 4.78 is 44.3. The van der Waals surface area contributed by atoms with Crippen LogP contribution in [-0.4, -0.2) is 36.0 Å². The molecule has 0 saturated heterocycles. The second-order valence-electron chi connectivity index (χ2n) is 12.0. The van der Waals surface area contributed by atoms with Crippen molar-refractivity contribution >= 4 is 81.6 Å². The molecular weight excluding hydrogens is 757 g/mol. The molecule has 0 atom stereocenters. The lowest BCUT2D eigenvalue weighted by Gasteiger charge is -2.03. The number of carboxylic acids is 1. The summed E-state index contributed by atoms with van der Waals surface area (Å²) in [5, 5.41) is 15.5. The number of furan rings is 2. The maximum Gasteiger partial charge on any atom is 0.337 e. The van der Waals surface area contributed by atoms with Gasteiger partial charge in [-0.3, -0.25) is 9.59 Å². The van der Waals surface area contributed by atoms with Crippen molar-refractivity contribution in [3.8, 4) is 22.6 Å². The molecule has 0 unspecified atom stereocenters. The summed E-state index contributed by atoms with van der Waals surface area (Å²) >= 11 is 12.0. The Morgan fingerprint density at radius 3 is 1.55 bits per heavy atom. The van der Waals surface area contributed by atoms with Crippen molar-refractivity contribution in [2.24, 2.45) is 0 Å². The van der Waals surface area contributed by atoms with Crippen LogP contribution in [0.15, 0.2) is 106 Å². The Labute approximate surface area is 320 Å². The monoisotopic (exact) mass is 780 g/mol. The average molecular weight is 782 g/mol. The number of rotatable bonds is 6. The number of hydrogen-bond donors (Lipinski definition) is 3. The smallest absolute Gasteiger partial charge is 0.337 e. The van der Waals surface area contributed by atoms with Crippen LogP contribution in [0.5, 0.6) is 0 Å². The van der Waals surface area contributed by atoms with Gasteiger partial charge in [-0.05, 0) is 109 Å². The van der Waals surface area contributed by atoms with E-state index >= 15 is 0 Å². The Bertz CT molecular complexity index is 2640. The number of ether oxygens (including phenoxy) is 1. The number of aromatic carboxylic acids is 1. The van der Waals surface area contributed by atoms with Gasteiger partial charge < -0.3 is 29.3 Å². The maximum atomic E-state index is 14.2. The number of anilines is 2. The van der Waals surface area contributed by atoms with Crippen molar-refractivity contribution in [2.75, 3.05) is 17.7 Å². The molecule has 8 rings (SSSR count). The van der Waals surface area contributed by atoms with Crippen molar-refractivity contribution in [1.82, 2.24) is 0 Å². The first-order chi connectivity index (χ1) is 26.4. The van der Waals surface area contributed by atoms with E-state index in [1.54, 1.807) is 60.7 Å². The second-order valence-corrected chi connectivity index (χ2v) is 12.9. The molecule has 4 heterocycles. The highest BCUT2D eigenvalue weighted by Gasteiger charge is 2.26. The molecule has 2 amide bonds. The van der Waals surface area contributed by atoms with Crippen molar-refractivity contribution in [2.45, 2.75) is 0 Å². The van der Waals surface area contributed by atoms with E-state index in [1.807, 2.05) is 0 Å². The molecule has 6 aromatic rings. The van der Waals surface area contributed by atoms with Crippen molar-refractivity contribution in [3.05, 3.63) is 153 Å². The Balaban J connectivity index is 0.000000169. The van der Waals surface area contributed by atoms with Gasteiger partial charge in [0, 0.05) is 32.5 Å². The molecule has 0 spiro atoms. The topological polar surface area (TPSA) is 148 Å². The number of amides is 2. The molecule has 2 aliphatic heterocycles. The predicted molar refractivity (Wildman–Crippen MR) is 202 cm³/mol. The highest BCUT2D eigenvalue weighted by molar-refractivity contribution is 6.37. The number of carboxylic acid groups (broad SMARTS) is 1. The molecule has 0 fully saturated rings. The molecule has 274 valence electrons. The molecule has 14 heteroatoms. The number of methoxy groups -OCH3 is 1. The third-order valence-electron chi connectivity index (χ3n) is 8.49. The summed E-state index contributed by atoms with van der Waals surface area (Å²) in [5.41, 5.74) is 3.65. The third kappa shape index (κ3) is 7.54. The lowest BCUT2D eigenvalue weighted by molar-refractivity contribution is -0.111. The van der Waals surface area contributed by atoms with Crippen LogP contribution < -0.4 is 10.6 Å². The number of halogens is 4. The molecule has 2 aromatic heterocycles. The second kappa shape index (κ2) is 14.9. The lowest BCUT2D eigenvalue weighted by Crippen LogP contribution is -2.03. The van der Waals surface area contributed by atoms with Crippen LogP contribution in [0.3, 0.4) is 0 Å². The Hall–Kier alpha value is -6.76. The van der Waals surface area contributed by atoms with Gasteiger partial charge in [-0.15, -0.1) is 0 Å². The van der Waals surface area contributed by atoms with Crippen LogP contribution in [0, 0.1) is 11.6 Å². The van der Waals surface area contributed by atoms with Gasteiger partial charge in [0.25, 0.3) is 11.8 Å². The molecule has 0 aliphatic carbocycles. The zero-order valence-electron chi connectivity index (χ0n) is 28.2. The Morgan fingerprint density at radius 1 is 0.636 bits per heavy atom. The standard InChI is InChI=1S/C21H13ClFNO4.C20H11ClFNO4/c1-27-21(26)11-2-5-17(23)16(8-11)19-7-4-13(28-19)10-15-14-9-12(22)3-6-18(14)24-20(15)25;21-11-2-5-17-13(8-11)14(19(24)23-17)9-12-3-6-18(27-12)15-7-10(20(25)26)1-4-16(15)22/h2-10H,1H3,(H,24,25);1-9H,(H,23,24)(H,25,26)/b15-10-;14-9-. The molecular formula is C41H24Cl2F2N2O8. The van der Waals surface area contributed by atoms with Crippen LogP contribution >= 0.6 is 23.2 Å². The van der Waals surface area contributed by atoms with Gasteiger partial charge in [-0.2, -0.15) is 0 Å². The molecule has 4 aromatic carbocycles. The quantitative estimate of drug-likeness (QED) is 0.112. The number of fused-ring (bicyclic) bond motifs is 2. The minimum atomic E-state index is -1.17. The largest absolute Gasteiger partial charge is 0.478 e. The van der Waals surface area contributed by atoms with E-state index in [0.717, 1.165) is 6.07 Å². The highest BCUT2D eigenvalue weighted by atomic mass is 35.5.